The number of nitrogens with one attached hydrogen (secondary N) is 1. The van der Waals surface area contributed by atoms with Crippen LogP contribution in [0, 0.1) is 0 Å². The molecule has 1 aromatic rings. The van der Waals surface area contributed by atoms with E-state index in [9.17, 15) is 4.79 Å². The minimum absolute atomic E-state index is 0.251. The van der Waals surface area contributed by atoms with Gasteiger partial charge in [-0.15, -0.1) is 0 Å². The third kappa shape index (κ3) is 3.06. The monoisotopic (exact) mass is 200 g/mol. The predicted molar refractivity (Wildman–Crippen MR) is 47.8 cm³/mol. The van der Waals surface area contributed by atoms with Crippen molar-refractivity contribution in [2.24, 2.45) is 0 Å². The van der Waals surface area contributed by atoms with E-state index < -0.39 is 11.7 Å². The average molecular weight is 200 g/mol. The topological polar surface area (TPSA) is 84.6 Å². The van der Waals surface area contributed by atoms with Crippen molar-refractivity contribution in [3.05, 3.63) is 12.3 Å². The molecule has 2 N–H and O–H groups in total. The first-order valence-corrected chi connectivity index (χ1v) is 4.05. The summed E-state index contributed by atoms with van der Waals surface area (Å²) in [6, 6.07) is 1.48. The molecule has 6 heteroatoms. The number of nitrogens with zero attached hydrogens (tertiary/aromatic N) is 1. The van der Waals surface area contributed by atoms with Gasteiger partial charge in [0.2, 0.25) is 0 Å². The Balaban J connectivity index is 2.44. The standard InChI is InChI=1S/C8H12N2O4/c1-8(2,5-11)14-7(12)9-6-3-4-13-10-6/h3-4,11H,5H2,1-2H3,(H,9,10,12). The Kier molecular flexibility index (Phi) is 3.08. The molecule has 1 heterocycles. The van der Waals surface area contributed by atoms with Gasteiger partial charge in [0.15, 0.2) is 5.82 Å². The maximum absolute atomic E-state index is 11.2. The van der Waals surface area contributed by atoms with Crippen molar-refractivity contribution in [2.75, 3.05) is 11.9 Å². The lowest BCUT2D eigenvalue weighted by molar-refractivity contribution is 0.00354. The van der Waals surface area contributed by atoms with Crippen molar-refractivity contribution < 1.29 is 19.2 Å². The minimum atomic E-state index is -0.909. The van der Waals surface area contributed by atoms with Gasteiger partial charge in [0, 0.05) is 6.07 Å². The van der Waals surface area contributed by atoms with Gasteiger partial charge >= 0.3 is 6.09 Å². The first kappa shape index (κ1) is 10.5. The Morgan fingerprint density at radius 3 is 3.00 bits per heavy atom. The minimum Gasteiger partial charge on any atom is -0.441 e. The molecule has 0 aromatic carbocycles. The fourth-order valence-corrected chi connectivity index (χ4v) is 0.690. The zero-order valence-electron chi connectivity index (χ0n) is 7.98. The predicted octanol–water partition coefficient (Wildman–Crippen LogP) is 0.994. The second kappa shape index (κ2) is 4.10. The molecule has 1 amide bonds. The van der Waals surface area contributed by atoms with E-state index in [0.29, 0.717) is 0 Å². The molecule has 0 saturated heterocycles. The molecule has 0 saturated carbocycles. The Morgan fingerprint density at radius 1 is 1.79 bits per heavy atom. The molecule has 0 atom stereocenters. The van der Waals surface area contributed by atoms with Crippen molar-refractivity contribution in [2.45, 2.75) is 19.4 Å². The lowest BCUT2D eigenvalue weighted by Gasteiger charge is -2.21. The lowest BCUT2D eigenvalue weighted by atomic mass is 10.2. The molecule has 1 rings (SSSR count). The van der Waals surface area contributed by atoms with E-state index in [1.807, 2.05) is 0 Å². The van der Waals surface area contributed by atoms with E-state index in [2.05, 4.69) is 15.0 Å². The van der Waals surface area contributed by atoms with E-state index in [4.69, 9.17) is 9.84 Å². The zero-order chi connectivity index (χ0) is 10.6. The van der Waals surface area contributed by atoms with Gasteiger partial charge in [0.05, 0.1) is 6.61 Å². The normalized spacial score (nSPS) is 11.1. The van der Waals surface area contributed by atoms with Crippen molar-refractivity contribution in [3.63, 3.8) is 0 Å². The van der Waals surface area contributed by atoms with Gasteiger partial charge in [-0.05, 0) is 13.8 Å². The number of aliphatic hydroxyl groups excluding tert-OH is 1. The quantitative estimate of drug-likeness (QED) is 0.760. The third-order valence-corrected chi connectivity index (χ3v) is 1.42. The number of aliphatic hydroxyl groups is 1. The Hall–Kier alpha value is -1.56. The fourth-order valence-electron chi connectivity index (χ4n) is 0.690. The molecule has 0 radical (unpaired) electrons. The van der Waals surface area contributed by atoms with Gasteiger partial charge < -0.3 is 14.4 Å². The molecule has 14 heavy (non-hydrogen) atoms. The van der Waals surface area contributed by atoms with E-state index in [-0.39, 0.29) is 12.4 Å². The summed E-state index contributed by atoms with van der Waals surface area (Å²) in [6.45, 7) is 2.93. The Morgan fingerprint density at radius 2 is 2.50 bits per heavy atom. The fraction of sp³-hybridized carbons (Fsp3) is 0.500. The van der Waals surface area contributed by atoms with Gasteiger partial charge in [-0.3, -0.25) is 5.32 Å². The first-order chi connectivity index (χ1) is 6.53. The highest BCUT2D eigenvalue weighted by atomic mass is 16.6. The highest BCUT2D eigenvalue weighted by molar-refractivity contribution is 5.83. The summed E-state index contributed by atoms with van der Waals surface area (Å²) in [4.78, 5) is 11.2. The Bertz CT molecular complexity index is 294. The molecule has 78 valence electrons. The molecule has 6 nitrogen and oxygen atoms in total. The van der Waals surface area contributed by atoms with Gasteiger partial charge in [-0.2, -0.15) is 0 Å². The summed E-state index contributed by atoms with van der Waals surface area (Å²) in [6.07, 6.45) is 0.644. The van der Waals surface area contributed by atoms with Gasteiger partial charge in [0.1, 0.15) is 11.9 Å². The number of anilines is 1. The van der Waals surface area contributed by atoms with Crippen LogP contribution in [0.4, 0.5) is 10.6 Å². The zero-order valence-corrected chi connectivity index (χ0v) is 7.98. The van der Waals surface area contributed by atoms with E-state index in [1.165, 1.54) is 12.3 Å². The molecule has 0 aliphatic heterocycles. The van der Waals surface area contributed by atoms with E-state index >= 15 is 0 Å². The SMILES string of the molecule is CC(C)(CO)OC(=O)Nc1ccon1. The summed E-state index contributed by atoms with van der Waals surface area (Å²) >= 11 is 0. The van der Waals surface area contributed by atoms with Crippen molar-refractivity contribution in [1.29, 1.82) is 0 Å². The number of carbonyl (C=O) groups is 1. The molecule has 0 spiro atoms. The summed E-state index contributed by atoms with van der Waals surface area (Å²) in [5.41, 5.74) is -0.909. The van der Waals surface area contributed by atoms with Gasteiger partial charge in [-0.1, -0.05) is 5.16 Å². The molecule has 0 aliphatic rings. The smallest absolute Gasteiger partial charge is 0.413 e. The van der Waals surface area contributed by atoms with Crippen LogP contribution >= 0.6 is 0 Å². The molecule has 0 bridgehead atoms. The molecule has 1 aromatic heterocycles. The lowest BCUT2D eigenvalue weighted by Crippen LogP contribution is -2.34. The molecule has 0 aliphatic carbocycles. The van der Waals surface area contributed by atoms with Crippen LogP contribution in [0.1, 0.15) is 13.8 Å². The highest BCUT2D eigenvalue weighted by Gasteiger charge is 2.21. The van der Waals surface area contributed by atoms with Crippen molar-refractivity contribution >= 4 is 11.9 Å². The largest absolute Gasteiger partial charge is 0.441 e. The second-order valence-electron chi connectivity index (χ2n) is 3.32. The summed E-state index contributed by atoms with van der Waals surface area (Å²) in [5.74, 6) is 0.267. The summed E-state index contributed by atoms with van der Waals surface area (Å²) < 4.78 is 9.38. The number of ether oxygens (including phenoxy) is 1. The first-order valence-electron chi connectivity index (χ1n) is 4.05. The van der Waals surface area contributed by atoms with Crippen molar-refractivity contribution in [3.8, 4) is 0 Å². The van der Waals surface area contributed by atoms with Crippen LogP contribution < -0.4 is 5.32 Å². The summed E-state index contributed by atoms with van der Waals surface area (Å²) in [7, 11) is 0. The van der Waals surface area contributed by atoms with Crippen LogP contribution in [-0.2, 0) is 4.74 Å². The average Bonchev–Trinajstić information content (AvgIpc) is 2.55. The number of hydrogen-bond donors (Lipinski definition) is 2. The van der Waals surface area contributed by atoms with Crippen LogP contribution in [0.3, 0.4) is 0 Å². The van der Waals surface area contributed by atoms with E-state index in [0.717, 1.165) is 0 Å². The van der Waals surface area contributed by atoms with Crippen LogP contribution in [0.2, 0.25) is 0 Å². The maximum Gasteiger partial charge on any atom is 0.413 e. The highest BCUT2D eigenvalue weighted by Crippen LogP contribution is 2.10. The number of aromatic nitrogens is 1. The van der Waals surface area contributed by atoms with Gasteiger partial charge in [-0.25, -0.2) is 4.79 Å². The van der Waals surface area contributed by atoms with Crippen molar-refractivity contribution in [1.82, 2.24) is 5.16 Å². The molecular formula is C8H12N2O4. The number of amides is 1. The summed E-state index contributed by atoms with van der Waals surface area (Å²) in [5, 5.41) is 14.6. The second-order valence-corrected chi connectivity index (χ2v) is 3.32. The Labute approximate surface area is 80.8 Å². The molecular weight excluding hydrogens is 188 g/mol. The molecule has 0 fully saturated rings. The third-order valence-electron chi connectivity index (χ3n) is 1.42. The molecule has 0 unspecified atom stereocenters. The number of carbonyl (C=O) groups excluding carboxylic acids is 1. The number of rotatable bonds is 3. The number of hydrogen-bond acceptors (Lipinski definition) is 5. The van der Waals surface area contributed by atoms with Gasteiger partial charge in [0.25, 0.3) is 0 Å². The van der Waals surface area contributed by atoms with E-state index in [1.54, 1.807) is 13.8 Å². The maximum atomic E-state index is 11.2. The van der Waals surface area contributed by atoms with Crippen LogP contribution in [0.15, 0.2) is 16.9 Å². The van der Waals surface area contributed by atoms with Crippen LogP contribution in [0.5, 0.6) is 0 Å². The van der Waals surface area contributed by atoms with Crippen LogP contribution in [0.25, 0.3) is 0 Å². The van der Waals surface area contributed by atoms with Crippen LogP contribution in [-0.4, -0.2) is 28.6 Å².